The van der Waals surface area contributed by atoms with Gasteiger partial charge < -0.3 is 15.0 Å². The monoisotopic (exact) mass is 472 g/mol. The molecule has 0 saturated carbocycles. The fourth-order valence-corrected chi connectivity index (χ4v) is 9.64. The minimum Gasteiger partial charge on any atom is -0.495 e. The predicted octanol–water partition coefficient (Wildman–Crippen LogP) is 1.90. The number of thiophene rings is 1. The van der Waals surface area contributed by atoms with Crippen molar-refractivity contribution in [1.29, 1.82) is 0 Å². The Labute approximate surface area is 182 Å². The molecule has 7 nitrogen and oxygen atoms in total. The van der Waals surface area contributed by atoms with Gasteiger partial charge in [-0.2, -0.15) is 0 Å². The summed E-state index contributed by atoms with van der Waals surface area (Å²) in [6.07, 6.45) is 0. The van der Waals surface area contributed by atoms with Crippen molar-refractivity contribution in [3.8, 4) is 5.75 Å². The number of aryl methyl sites for hydroxylation is 1. The lowest BCUT2D eigenvalue weighted by atomic mass is 10.2. The largest absolute Gasteiger partial charge is 0.495 e. The Hall–Kier alpha value is -1.46. The van der Waals surface area contributed by atoms with Gasteiger partial charge in [0.1, 0.15) is 10.6 Å². The Kier molecular flexibility index (Phi) is 6.93. The average Bonchev–Trinajstić information content (AvgIpc) is 3.29. The number of hydrogen-bond donors (Lipinski definition) is 1. The summed E-state index contributed by atoms with van der Waals surface area (Å²) in [4.78, 5) is 3.21. The van der Waals surface area contributed by atoms with Crippen molar-refractivity contribution in [3.05, 3.63) is 46.2 Å². The summed E-state index contributed by atoms with van der Waals surface area (Å²) in [5.74, 6) is -0.362. The fourth-order valence-electron chi connectivity index (χ4n) is 3.76. The molecule has 1 unspecified atom stereocenters. The standard InChI is InChI=1S/C20H28N2O5S3/c1-14-7-8-17(27-4)19(10-14)30(25,26)20-13-29(23,24)12-15(20)21-11-16(22(2)3)18-6-5-9-28-18/h5-10,15-16,20-21H,11-13H2,1-4H3/t15-,16?,20-/m0/s1. The number of benzene rings is 1. The van der Waals surface area contributed by atoms with E-state index in [-0.39, 0.29) is 22.4 Å². The zero-order valence-corrected chi connectivity index (χ0v) is 20.0. The van der Waals surface area contributed by atoms with Gasteiger partial charge in [0.05, 0.1) is 29.9 Å². The van der Waals surface area contributed by atoms with Crippen LogP contribution in [0.5, 0.6) is 5.75 Å². The zero-order chi connectivity index (χ0) is 22.1. The first kappa shape index (κ1) is 23.2. The maximum atomic E-state index is 13.5. The molecule has 0 aliphatic carbocycles. The van der Waals surface area contributed by atoms with Crippen molar-refractivity contribution in [3.63, 3.8) is 0 Å². The van der Waals surface area contributed by atoms with E-state index in [1.165, 1.54) is 7.11 Å². The Balaban J connectivity index is 1.90. The number of rotatable bonds is 8. The highest BCUT2D eigenvalue weighted by molar-refractivity contribution is 7.96. The van der Waals surface area contributed by atoms with Gasteiger partial charge in [0, 0.05) is 17.5 Å². The van der Waals surface area contributed by atoms with E-state index in [0.717, 1.165) is 10.4 Å². The molecule has 0 spiro atoms. The summed E-state index contributed by atoms with van der Waals surface area (Å²) in [7, 11) is -2.10. The third-order valence-corrected chi connectivity index (χ3v) is 10.5. The molecule has 0 bridgehead atoms. The summed E-state index contributed by atoms with van der Waals surface area (Å²) >= 11 is 1.62. The summed E-state index contributed by atoms with van der Waals surface area (Å²) in [5.41, 5.74) is 0.769. The van der Waals surface area contributed by atoms with Gasteiger partial charge in [-0.15, -0.1) is 11.3 Å². The van der Waals surface area contributed by atoms with Crippen LogP contribution < -0.4 is 10.1 Å². The lowest BCUT2D eigenvalue weighted by molar-refractivity contribution is 0.285. The normalized spacial score (nSPS) is 22.3. The molecule has 166 valence electrons. The molecular formula is C20H28N2O5S3. The molecule has 1 aliphatic rings. The van der Waals surface area contributed by atoms with Crippen LogP contribution in [0.15, 0.2) is 40.6 Å². The highest BCUT2D eigenvalue weighted by Gasteiger charge is 2.46. The van der Waals surface area contributed by atoms with Gasteiger partial charge in [-0.3, -0.25) is 0 Å². The molecule has 10 heteroatoms. The molecule has 30 heavy (non-hydrogen) atoms. The van der Waals surface area contributed by atoms with E-state index in [4.69, 9.17) is 4.74 Å². The highest BCUT2D eigenvalue weighted by atomic mass is 32.2. The number of likely N-dealkylation sites (N-methyl/N-ethyl adjacent to an activating group) is 1. The van der Waals surface area contributed by atoms with Crippen LogP contribution in [0.3, 0.4) is 0 Å². The molecule has 0 radical (unpaired) electrons. The topological polar surface area (TPSA) is 92.8 Å². The van der Waals surface area contributed by atoms with Crippen LogP contribution in [-0.2, 0) is 19.7 Å². The first-order valence-electron chi connectivity index (χ1n) is 9.57. The second-order valence-corrected chi connectivity index (χ2v) is 13.1. The lowest BCUT2D eigenvalue weighted by Gasteiger charge is -2.27. The van der Waals surface area contributed by atoms with Gasteiger partial charge >= 0.3 is 0 Å². The number of methoxy groups -OCH3 is 1. The van der Waals surface area contributed by atoms with Gasteiger partial charge in [0.15, 0.2) is 19.7 Å². The molecule has 3 atom stereocenters. The second kappa shape index (κ2) is 8.96. The number of nitrogens with zero attached hydrogens (tertiary/aromatic N) is 1. The molecule has 1 fully saturated rings. The van der Waals surface area contributed by atoms with Crippen molar-refractivity contribution in [1.82, 2.24) is 10.2 Å². The van der Waals surface area contributed by atoms with E-state index in [0.29, 0.717) is 6.54 Å². The van der Waals surface area contributed by atoms with E-state index in [2.05, 4.69) is 5.32 Å². The van der Waals surface area contributed by atoms with Crippen molar-refractivity contribution in [2.45, 2.75) is 29.2 Å². The van der Waals surface area contributed by atoms with Crippen LogP contribution in [-0.4, -0.2) is 72.3 Å². The molecule has 3 rings (SSSR count). The van der Waals surface area contributed by atoms with Gasteiger partial charge in [0.25, 0.3) is 0 Å². The number of nitrogens with one attached hydrogen (secondary N) is 1. The van der Waals surface area contributed by atoms with Crippen LogP contribution in [0.25, 0.3) is 0 Å². The summed E-state index contributed by atoms with van der Waals surface area (Å²) in [6.45, 7) is 2.24. The van der Waals surface area contributed by atoms with Crippen LogP contribution in [0.2, 0.25) is 0 Å². The maximum absolute atomic E-state index is 13.5. The zero-order valence-electron chi connectivity index (χ0n) is 17.5. The molecule has 1 saturated heterocycles. The third kappa shape index (κ3) is 4.88. The maximum Gasteiger partial charge on any atom is 0.187 e. The molecule has 2 heterocycles. The van der Waals surface area contributed by atoms with Crippen LogP contribution >= 0.6 is 11.3 Å². The number of hydrogen-bond acceptors (Lipinski definition) is 8. The molecule has 0 amide bonds. The van der Waals surface area contributed by atoms with Gasteiger partial charge in [-0.05, 0) is 50.2 Å². The second-order valence-electron chi connectivity index (χ2n) is 7.82. The quantitative estimate of drug-likeness (QED) is 0.627. The molecule has 2 aromatic rings. The Morgan fingerprint density at radius 1 is 1.27 bits per heavy atom. The lowest BCUT2D eigenvalue weighted by Crippen LogP contribution is -2.46. The van der Waals surface area contributed by atoms with Crippen molar-refractivity contribution < 1.29 is 21.6 Å². The van der Waals surface area contributed by atoms with Crippen molar-refractivity contribution >= 4 is 31.0 Å². The molecule has 1 aromatic carbocycles. The Morgan fingerprint density at radius 3 is 2.60 bits per heavy atom. The van der Waals surface area contributed by atoms with Gasteiger partial charge in [-0.25, -0.2) is 16.8 Å². The van der Waals surface area contributed by atoms with Gasteiger partial charge in [0.2, 0.25) is 0 Å². The van der Waals surface area contributed by atoms with E-state index < -0.39 is 36.7 Å². The highest BCUT2D eigenvalue weighted by Crippen LogP contribution is 2.33. The molecular weight excluding hydrogens is 444 g/mol. The molecule has 1 aliphatic heterocycles. The third-order valence-electron chi connectivity index (χ3n) is 5.39. The average molecular weight is 473 g/mol. The van der Waals surface area contributed by atoms with Crippen LogP contribution in [0, 0.1) is 6.92 Å². The number of ether oxygens (including phenoxy) is 1. The Morgan fingerprint density at radius 2 is 2.00 bits per heavy atom. The first-order chi connectivity index (χ1) is 14.0. The van der Waals surface area contributed by atoms with E-state index in [1.807, 2.05) is 36.5 Å². The van der Waals surface area contributed by atoms with Crippen LogP contribution in [0.4, 0.5) is 0 Å². The first-order valence-corrected chi connectivity index (χ1v) is 13.8. The van der Waals surface area contributed by atoms with Crippen LogP contribution in [0.1, 0.15) is 16.5 Å². The molecule has 1 N–H and O–H groups in total. The SMILES string of the molecule is COc1ccc(C)cc1S(=O)(=O)[C@H]1CS(=O)(=O)C[C@@H]1NCC(c1cccs1)N(C)C. The smallest absolute Gasteiger partial charge is 0.187 e. The minimum absolute atomic E-state index is 0.0187. The predicted molar refractivity (Wildman–Crippen MR) is 120 cm³/mol. The van der Waals surface area contributed by atoms with Crippen molar-refractivity contribution in [2.75, 3.05) is 39.3 Å². The van der Waals surface area contributed by atoms with Crippen molar-refractivity contribution in [2.24, 2.45) is 0 Å². The minimum atomic E-state index is -3.92. The fraction of sp³-hybridized carbons (Fsp3) is 0.500. The number of sulfone groups is 2. The van der Waals surface area contributed by atoms with E-state index >= 15 is 0 Å². The Bertz CT molecular complexity index is 1080. The van der Waals surface area contributed by atoms with E-state index in [1.54, 1.807) is 36.5 Å². The van der Waals surface area contributed by atoms with E-state index in [9.17, 15) is 16.8 Å². The summed E-state index contributed by atoms with van der Waals surface area (Å²) in [6, 6.07) is 8.24. The summed E-state index contributed by atoms with van der Waals surface area (Å²) < 4.78 is 57.0. The van der Waals surface area contributed by atoms with Gasteiger partial charge in [-0.1, -0.05) is 12.1 Å². The molecule has 1 aromatic heterocycles. The summed E-state index contributed by atoms with van der Waals surface area (Å²) in [5, 5.41) is 4.17.